The van der Waals surface area contributed by atoms with E-state index in [2.05, 4.69) is 6.92 Å². The Hall–Kier alpha value is -0.900. The molecule has 1 N–H and O–H groups in total. The van der Waals surface area contributed by atoms with Crippen molar-refractivity contribution in [3.63, 3.8) is 0 Å². The van der Waals surface area contributed by atoms with Crippen molar-refractivity contribution in [3.8, 4) is 0 Å². The highest BCUT2D eigenvalue weighted by Crippen LogP contribution is 2.08. The molecule has 0 fully saturated rings. The van der Waals surface area contributed by atoms with Crippen molar-refractivity contribution in [2.24, 2.45) is 0 Å². The Bertz CT molecular complexity index is 264. The van der Waals surface area contributed by atoms with Gasteiger partial charge in [-0.15, -0.1) is 0 Å². The first kappa shape index (κ1) is 20.1. The third kappa shape index (κ3) is 17.0. The topological polar surface area (TPSA) is 63.6 Å². The van der Waals surface area contributed by atoms with Gasteiger partial charge in [-0.3, -0.25) is 9.59 Å². The van der Waals surface area contributed by atoms with E-state index < -0.39 is 5.97 Å². The molecule has 4 heteroatoms. The SMILES string of the molecule is CCCCCCCCCCOCCCCC(=O)CC(=O)O. The second-order valence-electron chi connectivity index (χ2n) is 5.65. The average molecular weight is 300 g/mol. The van der Waals surface area contributed by atoms with E-state index in [1.807, 2.05) is 0 Å². The van der Waals surface area contributed by atoms with E-state index in [4.69, 9.17) is 9.84 Å². The first-order chi connectivity index (χ1) is 10.2. The maximum atomic E-state index is 11.1. The molecule has 0 bridgehead atoms. The first-order valence-corrected chi connectivity index (χ1v) is 8.48. The zero-order valence-corrected chi connectivity index (χ0v) is 13.6. The smallest absolute Gasteiger partial charge is 0.310 e. The van der Waals surface area contributed by atoms with Crippen molar-refractivity contribution >= 4 is 11.8 Å². The van der Waals surface area contributed by atoms with Crippen LogP contribution in [0.2, 0.25) is 0 Å². The fourth-order valence-electron chi connectivity index (χ4n) is 2.22. The van der Waals surface area contributed by atoms with Gasteiger partial charge in [0, 0.05) is 19.6 Å². The molecular formula is C17H32O4. The Morgan fingerprint density at radius 2 is 1.33 bits per heavy atom. The van der Waals surface area contributed by atoms with Gasteiger partial charge in [0.05, 0.1) is 0 Å². The number of aliphatic carboxylic acids is 1. The summed E-state index contributed by atoms with van der Waals surface area (Å²) in [5, 5.41) is 8.44. The fourth-order valence-corrected chi connectivity index (χ4v) is 2.22. The highest BCUT2D eigenvalue weighted by molar-refractivity contribution is 5.94. The maximum absolute atomic E-state index is 11.1. The van der Waals surface area contributed by atoms with Crippen LogP contribution in [0, 0.1) is 0 Å². The van der Waals surface area contributed by atoms with E-state index in [0.717, 1.165) is 25.9 Å². The molecule has 21 heavy (non-hydrogen) atoms. The largest absolute Gasteiger partial charge is 0.481 e. The lowest BCUT2D eigenvalue weighted by atomic mass is 10.1. The van der Waals surface area contributed by atoms with E-state index in [1.165, 1.54) is 44.9 Å². The van der Waals surface area contributed by atoms with Crippen LogP contribution in [0.5, 0.6) is 0 Å². The molecule has 124 valence electrons. The van der Waals surface area contributed by atoms with Gasteiger partial charge in [-0.05, 0) is 19.3 Å². The monoisotopic (exact) mass is 300 g/mol. The maximum Gasteiger partial charge on any atom is 0.310 e. The number of unbranched alkanes of at least 4 members (excludes halogenated alkanes) is 8. The minimum atomic E-state index is -1.04. The Balaban J connectivity index is 3.09. The summed E-state index contributed by atoms with van der Waals surface area (Å²) < 4.78 is 5.51. The van der Waals surface area contributed by atoms with Gasteiger partial charge in [-0.1, -0.05) is 51.9 Å². The average Bonchev–Trinajstić information content (AvgIpc) is 2.43. The van der Waals surface area contributed by atoms with E-state index in [-0.39, 0.29) is 12.2 Å². The number of rotatable bonds is 16. The van der Waals surface area contributed by atoms with E-state index >= 15 is 0 Å². The third-order valence-corrected chi connectivity index (χ3v) is 3.48. The molecule has 0 unspecified atom stereocenters. The van der Waals surface area contributed by atoms with Crippen LogP contribution in [0.25, 0.3) is 0 Å². The third-order valence-electron chi connectivity index (χ3n) is 3.48. The molecule has 0 spiro atoms. The number of ketones is 1. The summed E-state index contributed by atoms with van der Waals surface area (Å²) in [6.07, 6.45) is 12.0. The Labute approximate surface area is 129 Å². The van der Waals surface area contributed by atoms with Gasteiger partial charge in [0.1, 0.15) is 12.2 Å². The highest BCUT2D eigenvalue weighted by atomic mass is 16.5. The molecule has 0 heterocycles. The van der Waals surface area contributed by atoms with Crippen molar-refractivity contribution in [1.29, 1.82) is 0 Å². The Morgan fingerprint density at radius 1 is 0.810 bits per heavy atom. The lowest BCUT2D eigenvalue weighted by molar-refractivity contribution is -0.140. The van der Waals surface area contributed by atoms with Crippen LogP contribution in [0.15, 0.2) is 0 Å². The number of Topliss-reactive ketones (excluding diaryl/α,β-unsaturated/α-hetero) is 1. The summed E-state index contributed by atoms with van der Waals surface area (Å²) in [7, 11) is 0. The lowest BCUT2D eigenvalue weighted by Crippen LogP contribution is -2.06. The zero-order chi connectivity index (χ0) is 15.8. The van der Waals surface area contributed by atoms with Gasteiger partial charge >= 0.3 is 5.97 Å². The van der Waals surface area contributed by atoms with Crippen LogP contribution in [-0.4, -0.2) is 30.1 Å². The number of hydrogen-bond donors (Lipinski definition) is 1. The standard InChI is InChI=1S/C17H32O4/c1-2-3-4-5-6-7-8-10-13-21-14-11-9-12-16(18)15-17(19)20/h2-15H2,1H3,(H,19,20). The van der Waals surface area contributed by atoms with Crippen molar-refractivity contribution in [1.82, 2.24) is 0 Å². The van der Waals surface area contributed by atoms with Gasteiger partial charge in [0.2, 0.25) is 0 Å². The molecule has 4 nitrogen and oxygen atoms in total. The quantitative estimate of drug-likeness (QED) is 0.340. The van der Waals surface area contributed by atoms with Gasteiger partial charge in [0.25, 0.3) is 0 Å². The lowest BCUT2D eigenvalue weighted by Gasteiger charge is -2.04. The second-order valence-corrected chi connectivity index (χ2v) is 5.65. The summed E-state index contributed by atoms with van der Waals surface area (Å²) in [4.78, 5) is 21.4. The highest BCUT2D eigenvalue weighted by Gasteiger charge is 2.06. The number of carbonyl (C=O) groups excluding carboxylic acids is 1. The molecule has 0 aromatic heterocycles. The number of carboxylic acid groups (broad SMARTS) is 1. The van der Waals surface area contributed by atoms with Crippen LogP contribution < -0.4 is 0 Å². The molecule has 0 aromatic carbocycles. The molecule has 0 atom stereocenters. The van der Waals surface area contributed by atoms with Gasteiger partial charge in [-0.25, -0.2) is 0 Å². The Kier molecular flexibility index (Phi) is 14.8. The van der Waals surface area contributed by atoms with Crippen molar-refractivity contribution in [2.45, 2.75) is 84.0 Å². The normalized spacial score (nSPS) is 10.7. The molecule has 0 saturated heterocycles. The molecule has 0 rings (SSSR count). The predicted molar refractivity (Wildman–Crippen MR) is 84.5 cm³/mol. The van der Waals surface area contributed by atoms with Crippen LogP contribution in [0.3, 0.4) is 0 Å². The van der Waals surface area contributed by atoms with E-state index in [0.29, 0.717) is 13.0 Å². The van der Waals surface area contributed by atoms with E-state index in [1.54, 1.807) is 0 Å². The van der Waals surface area contributed by atoms with Crippen molar-refractivity contribution in [2.75, 3.05) is 13.2 Å². The van der Waals surface area contributed by atoms with E-state index in [9.17, 15) is 9.59 Å². The first-order valence-electron chi connectivity index (χ1n) is 8.48. The molecule has 0 radical (unpaired) electrons. The molecule has 0 aliphatic carbocycles. The minimum absolute atomic E-state index is 0.189. The van der Waals surface area contributed by atoms with Crippen LogP contribution >= 0.6 is 0 Å². The second kappa shape index (κ2) is 15.5. The number of carbonyl (C=O) groups is 2. The van der Waals surface area contributed by atoms with Crippen molar-refractivity contribution < 1.29 is 19.4 Å². The zero-order valence-electron chi connectivity index (χ0n) is 13.6. The molecule has 0 amide bonds. The summed E-state index contributed by atoms with van der Waals surface area (Å²) in [5.41, 5.74) is 0. The van der Waals surface area contributed by atoms with Crippen LogP contribution in [0.4, 0.5) is 0 Å². The Morgan fingerprint density at radius 3 is 1.90 bits per heavy atom. The summed E-state index contributed by atoms with van der Waals surface area (Å²) in [6.45, 7) is 3.72. The van der Waals surface area contributed by atoms with Gasteiger partial charge in [-0.2, -0.15) is 0 Å². The predicted octanol–water partition coefficient (Wildman–Crippen LogP) is 4.36. The number of carboxylic acids is 1. The molecule has 0 saturated carbocycles. The number of ether oxygens (including phenoxy) is 1. The fraction of sp³-hybridized carbons (Fsp3) is 0.882. The van der Waals surface area contributed by atoms with Gasteiger partial charge < -0.3 is 9.84 Å². The summed E-state index contributed by atoms with van der Waals surface area (Å²) >= 11 is 0. The molecule has 0 aliphatic rings. The molecular weight excluding hydrogens is 268 g/mol. The summed E-state index contributed by atoms with van der Waals surface area (Å²) in [6, 6.07) is 0. The van der Waals surface area contributed by atoms with Crippen LogP contribution in [-0.2, 0) is 14.3 Å². The summed E-state index contributed by atoms with van der Waals surface area (Å²) in [5.74, 6) is -1.23. The van der Waals surface area contributed by atoms with Gasteiger partial charge in [0.15, 0.2) is 0 Å². The van der Waals surface area contributed by atoms with Crippen molar-refractivity contribution in [3.05, 3.63) is 0 Å². The minimum Gasteiger partial charge on any atom is -0.481 e. The molecule has 0 aromatic rings. The molecule has 0 aliphatic heterocycles. The van der Waals surface area contributed by atoms with Crippen LogP contribution in [0.1, 0.15) is 84.0 Å². The number of hydrogen-bond acceptors (Lipinski definition) is 3.